The van der Waals surface area contributed by atoms with Crippen molar-refractivity contribution in [3.8, 4) is 0 Å². The first kappa shape index (κ1) is 14.8. The summed E-state index contributed by atoms with van der Waals surface area (Å²) in [4.78, 5) is 11.5. The van der Waals surface area contributed by atoms with Gasteiger partial charge in [0.2, 0.25) is 10.0 Å². The van der Waals surface area contributed by atoms with Gasteiger partial charge in [-0.15, -0.1) is 0 Å². The minimum Gasteiger partial charge on any atom is -0.468 e. The van der Waals surface area contributed by atoms with E-state index in [-0.39, 0.29) is 17.8 Å². The highest BCUT2D eigenvalue weighted by Crippen LogP contribution is 2.32. The van der Waals surface area contributed by atoms with Gasteiger partial charge >= 0.3 is 5.97 Å². The van der Waals surface area contributed by atoms with E-state index in [9.17, 15) is 13.2 Å². The number of carbonyl (C=O) groups excluding carboxylic acids is 1. The second kappa shape index (κ2) is 6.22. The molecular weight excluding hydrogens is 266 g/mol. The second-order valence-electron chi connectivity index (χ2n) is 5.51. The minimum atomic E-state index is -3.36. The maximum atomic E-state index is 12.7. The standard InChI is InChI=1S/C13H23NO4S/c1-18-13(15)10-14(11-6-2-3-7-11)19(16,17)12-8-4-5-9-12/h11-12H,2-10H2,1H3. The van der Waals surface area contributed by atoms with E-state index in [0.717, 1.165) is 51.4 Å². The molecule has 0 amide bonds. The molecular formula is C13H23NO4S. The summed E-state index contributed by atoms with van der Waals surface area (Å²) in [5.74, 6) is -0.464. The lowest BCUT2D eigenvalue weighted by molar-refractivity contribution is -0.141. The molecule has 2 fully saturated rings. The number of rotatable bonds is 5. The Labute approximate surface area is 115 Å². The minimum absolute atomic E-state index is 0.00954. The first-order valence-corrected chi connectivity index (χ1v) is 8.63. The van der Waals surface area contributed by atoms with Gasteiger partial charge in [-0.05, 0) is 25.7 Å². The second-order valence-corrected chi connectivity index (χ2v) is 7.68. The smallest absolute Gasteiger partial charge is 0.321 e. The van der Waals surface area contributed by atoms with E-state index in [1.807, 2.05) is 0 Å². The summed E-state index contributed by atoms with van der Waals surface area (Å²) in [5.41, 5.74) is 0. The molecule has 0 N–H and O–H groups in total. The fraction of sp³-hybridized carbons (Fsp3) is 0.923. The van der Waals surface area contributed by atoms with Crippen molar-refractivity contribution in [3.05, 3.63) is 0 Å². The van der Waals surface area contributed by atoms with E-state index < -0.39 is 16.0 Å². The summed E-state index contributed by atoms with van der Waals surface area (Å²) in [7, 11) is -2.05. The van der Waals surface area contributed by atoms with Crippen molar-refractivity contribution >= 4 is 16.0 Å². The zero-order valence-electron chi connectivity index (χ0n) is 11.5. The van der Waals surface area contributed by atoms with Crippen molar-refractivity contribution in [1.29, 1.82) is 0 Å². The molecule has 5 nitrogen and oxygen atoms in total. The van der Waals surface area contributed by atoms with E-state index in [4.69, 9.17) is 0 Å². The highest BCUT2D eigenvalue weighted by Gasteiger charge is 2.39. The van der Waals surface area contributed by atoms with E-state index in [1.165, 1.54) is 11.4 Å². The van der Waals surface area contributed by atoms with Gasteiger partial charge in [0.25, 0.3) is 0 Å². The molecule has 0 unspecified atom stereocenters. The van der Waals surface area contributed by atoms with Crippen LogP contribution in [0, 0.1) is 0 Å². The number of ether oxygens (including phenoxy) is 1. The third-order valence-electron chi connectivity index (χ3n) is 4.29. The van der Waals surface area contributed by atoms with Crippen LogP contribution in [0.4, 0.5) is 0 Å². The van der Waals surface area contributed by atoms with E-state index in [2.05, 4.69) is 4.74 Å². The zero-order valence-corrected chi connectivity index (χ0v) is 12.3. The fourth-order valence-corrected chi connectivity index (χ4v) is 5.41. The van der Waals surface area contributed by atoms with Crippen LogP contribution >= 0.6 is 0 Å². The monoisotopic (exact) mass is 289 g/mol. The third-order valence-corrected chi connectivity index (χ3v) is 6.69. The molecule has 110 valence electrons. The number of hydrogen-bond acceptors (Lipinski definition) is 4. The van der Waals surface area contributed by atoms with Gasteiger partial charge in [-0.3, -0.25) is 4.79 Å². The first-order valence-electron chi connectivity index (χ1n) is 7.13. The summed E-state index contributed by atoms with van der Waals surface area (Å²) in [6, 6.07) is -0.00954. The van der Waals surface area contributed by atoms with Gasteiger partial charge in [-0.2, -0.15) is 4.31 Å². The predicted molar refractivity (Wildman–Crippen MR) is 72.2 cm³/mol. The van der Waals surface area contributed by atoms with Gasteiger partial charge in [0.1, 0.15) is 6.54 Å². The van der Waals surface area contributed by atoms with Gasteiger partial charge in [0.15, 0.2) is 0 Å². The SMILES string of the molecule is COC(=O)CN(C1CCCC1)S(=O)(=O)C1CCCC1. The number of nitrogens with zero attached hydrogens (tertiary/aromatic N) is 1. The Bertz CT molecular complexity index is 408. The summed E-state index contributed by atoms with van der Waals surface area (Å²) in [6.07, 6.45) is 7.22. The Kier molecular flexibility index (Phi) is 4.84. The van der Waals surface area contributed by atoms with Crippen LogP contribution in [0.2, 0.25) is 0 Å². The fourth-order valence-electron chi connectivity index (χ4n) is 3.19. The Balaban J connectivity index is 2.17. The molecule has 0 spiro atoms. The molecule has 2 aliphatic rings. The lowest BCUT2D eigenvalue weighted by Gasteiger charge is -2.29. The van der Waals surface area contributed by atoms with Crippen LogP contribution in [0.5, 0.6) is 0 Å². The topological polar surface area (TPSA) is 63.7 Å². The normalized spacial score (nSPS) is 22.2. The number of sulfonamides is 1. The molecule has 0 aromatic rings. The molecule has 2 aliphatic carbocycles. The summed E-state index contributed by atoms with van der Waals surface area (Å²) in [5, 5.41) is -0.294. The van der Waals surface area contributed by atoms with Crippen molar-refractivity contribution in [1.82, 2.24) is 4.31 Å². The highest BCUT2D eigenvalue weighted by atomic mass is 32.2. The summed E-state index contributed by atoms with van der Waals surface area (Å²) < 4.78 is 31.5. The molecule has 0 aliphatic heterocycles. The van der Waals surface area contributed by atoms with Crippen LogP contribution in [0.15, 0.2) is 0 Å². The molecule has 0 heterocycles. The van der Waals surface area contributed by atoms with Crippen LogP contribution < -0.4 is 0 Å². The van der Waals surface area contributed by atoms with Gasteiger partial charge in [-0.25, -0.2) is 8.42 Å². The van der Waals surface area contributed by atoms with E-state index in [1.54, 1.807) is 0 Å². The largest absolute Gasteiger partial charge is 0.468 e. The average molecular weight is 289 g/mol. The molecule has 0 aromatic heterocycles. The van der Waals surface area contributed by atoms with Gasteiger partial charge < -0.3 is 4.74 Å². The summed E-state index contributed by atoms with van der Waals surface area (Å²) >= 11 is 0. The van der Waals surface area contributed by atoms with Gasteiger partial charge in [-0.1, -0.05) is 25.7 Å². The van der Waals surface area contributed by atoms with Crippen molar-refractivity contribution in [2.75, 3.05) is 13.7 Å². The number of methoxy groups -OCH3 is 1. The molecule has 0 bridgehead atoms. The number of carbonyl (C=O) groups is 1. The van der Waals surface area contributed by atoms with Crippen LogP contribution in [0.3, 0.4) is 0 Å². The maximum Gasteiger partial charge on any atom is 0.321 e. The zero-order chi connectivity index (χ0) is 13.9. The molecule has 6 heteroatoms. The van der Waals surface area contributed by atoms with Gasteiger partial charge in [0, 0.05) is 6.04 Å². The first-order chi connectivity index (χ1) is 9.05. The van der Waals surface area contributed by atoms with Crippen LogP contribution in [-0.4, -0.2) is 43.6 Å². The molecule has 2 rings (SSSR count). The molecule has 0 aromatic carbocycles. The van der Waals surface area contributed by atoms with Crippen molar-refractivity contribution in [2.45, 2.75) is 62.7 Å². The lowest BCUT2D eigenvalue weighted by Crippen LogP contribution is -2.46. The van der Waals surface area contributed by atoms with Crippen LogP contribution in [0.25, 0.3) is 0 Å². The number of hydrogen-bond donors (Lipinski definition) is 0. The van der Waals surface area contributed by atoms with Crippen molar-refractivity contribution in [3.63, 3.8) is 0 Å². The number of esters is 1. The maximum absolute atomic E-state index is 12.7. The predicted octanol–water partition coefficient (Wildman–Crippen LogP) is 1.68. The molecule has 19 heavy (non-hydrogen) atoms. The molecule has 2 saturated carbocycles. The lowest BCUT2D eigenvalue weighted by atomic mass is 10.2. The van der Waals surface area contributed by atoms with Gasteiger partial charge in [0.05, 0.1) is 12.4 Å². The Morgan fingerprint density at radius 2 is 1.63 bits per heavy atom. The van der Waals surface area contributed by atoms with Crippen LogP contribution in [-0.2, 0) is 19.6 Å². The molecule has 0 radical (unpaired) electrons. The third kappa shape index (κ3) is 3.28. The molecule has 0 atom stereocenters. The van der Waals surface area contributed by atoms with Crippen molar-refractivity contribution in [2.24, 2.45) is 0 Å². The van der Waals surface area contributed by atoms with Crippen LogP contribution in [0.1, 0.15) is 51.4 Å². The Morgan fingerprint density at radius 3 is 2.16 bits per heavy atom. The average Bonchev–Trinajstić information content (AvgIpc) is 3.07. The van der Waals surface area contributed by atoms with E-state index in [0.29, 0.717) is 0 Å². The Morgan fingerprint density at radius 1 is 1.11 bits per heavy atom. The Hall–Kier alpha value is -0.620. The molecule has 0 saturated heterocycles. The highest BCUT2D eigenvalue weighted by molar-refractivity contribution is 7.89. The van der Waals surface area contributed by atoms with Crippen molar-refractivity contribution < 1.29 is 17.9 Å². The quantitative estimate of drug-likeness (QED) is 0.722. The summed E-state index contributed by atoms with van der Waals surface area (Å²) in [6.45, 7) is -0.125. The van der Waals surface area contributed by atoms with E-state index >= 15 is 0 Å².